The van der Waals surface area contributed by atoms with E-state index < -0.39 is 0 Å². The number of rotatable bonds is 3. The van der Waals surface area contributed by atoms with Gasteiger partial charge in [-0.3, -0.25) is 0 Å². The molecule has 0 atom stereocenters. The topological polar surface area (TPSA) is 63.2 Å². The van der Waals surface area contributed by atoms with Crippen LogP contribution in [0.25, 0.3) is 11.0 Å². The molecule has 0 radical (unpaired) electrons. The van der Waals surface area contributed by atoms with E-state index in [1.54, 1.807) is 19.5 Å². The van der Waals surface area contributed by atoms with Gasteiger partial charge in [-0.15, -0.1) is 0 Å². The fourth-order valence-corrected chi connectivity index (χ4v) is 2.62. The van der Waals surface area contributed by atoms with Crippen molar-refractivity contribution in [3.8, 4) is 5.88 Å². The second-order valence-corrected chi connectivity index (χ2v) is 4.96. The van der Waals surface area contributed by atoms with Crippen LogP contribution in [0.5, 0.6) is 5.88 Å². The fraction of sp³-hybridized carbons (Fsp3) is 0.500. The number of nitrogens with zero attached hydrogens (tertiary/aromatic N) is 4. The lowest BCUT2D eigenvalue weighted by atomic mass is 10.1. The molecule has 1 aliphatic heterocycles. The van der Waals surface area contributed by atoms with Gasteiger partial charge < -0.3 is 15.0 Å². The van der Waals surface area contributed by atoms with Crippen molar-refractivity contribution in [2.24, 2.45) is 0 Å². The Balaban J connectivity index is 1.94. The Morgan fingerprint density at radius 3 is 2.80 bits per heavy atom. The molecule has 0 unspecified atom stereocenters. The van der Waals surface area contributed by atoms with Gasteiger partial charge in [0, 0.05) is 25.3 Å². The van der Waals surface area contributed by atoms with Crippen molar-refractivity contribution < 1.29 is 4.74 Å². The Morgan fingerprint density at radius 1 is 1.30 bits per heavy atom. The van der Waals surface area contributed by atoms with Crippen LogP contribution >= 0.6 is 0 Å². The Morgan fingerprint density at radius 2 is 2.10 bits per heavy atom. The SMILES string of the molecule is CNC1CCN(c2nccc3ncc(OC)nc23)CC1. The van der Waals surface area contributed by atoms with Gasteiger partial charge in [0.2, 0.25) is 5.88 Å². The van der Waals surface area contributed by atoms with Crippen LogP contribution in [0.1, 0.15) is 12.8 Å². The fourth-order valence-electron chi connectivity index (χ4n) is 2.62. The van der Waals surface area contributed by atoms with Crippen LogP contribution in [0.3, 0.4) is 0 Å². The molecule has 6 nitrogen and oxygen atoms in total. The number of piperidine rings is 1. The van der Waals surface area contributed by atoms with Crippen LogP contribution in [0.4, 0.5) is 5.82 Å². The molecule has 3 rings (SSSR count). The second kappa shape index (κ2) is 5.58. The standard InChI is InChI=1S/C14H19N5O/c1-15-10-4-7-19(8-5-10)14-13-11(3-6-16-14)17-9-12(18-13)20-2/h3,6,9-10,15H,4-5,7-8H2,1-2H3. The van der Waals surface area contributed by atoms with Crippen molar-refractivity contribution in [3.05, 3.63) is 18.5 Å². The molecule has 1 N–H and O–H groups in total. The van der Waals surface area contributed by atoms with E-state index >= 15 is 0 Å². The van der Waals surface area contributed by atoms with E-state index in [1.165, 1.54) is 0 Å². The lowest BCUT2D eigenvalue weighted by Gasteiger charge is -2.32. The van der Waals surface area contributed by atoms with Crippen molar-refractivity contribution in [1.82, 2.24) is 20.3 Å². The van der Waals surface area contributed by atoms with Crippen molar-refractivity contribution in [2.75, 3.05) is 32.1 Å². The van der Waals surface area contributed by atoms with Crippen LogP contribution in [0.2, 0.25) is 0 Å². The molecule has 0 bridgehead atoms. The molecule has 2 aromatic heterocycles. The number of hydrogen-bond acceptors (Lipinski definition) is 6. The number of hydrogen-bond donors (Lipinski definition) is 1. The first-order valence-corrected chi connectivity index (χ1v) is 6.90. The van der Waals surface area contributed by atoms with Gasteiger partial charge in [-0.2, -0.15) is 0 Å². The Kier molecular flexibility index (Phi) is 3.64. The summed E-state index contributed by atoms with van der Waals surface area (Å²) in [6.45, 7) is 1.97. The van der Waals surface area contributed by atoms with E-state index in [0.29, 0.717) is 11.9 Å². The number of ether oxygens (including phenoxy) is 1. The monoisotopic (exact) mass is 273 g/mol. The third-order valence-electron chi connectivity index (χ3n) is 3.83. The summed E-state index contributed by atoms with van der Waals surface area (Å²) < 4.78 is 5.17. The van der Waals surface area contributed by atoms with Gasteiger partial charge in [0.15, 0.2) is 5.82 Å². The molecule has 20 heavy (non-hydrogen) atoms. The molecule has 0 amide bonds. The maximum Gasteiger partial charge on any atom is 0.232 e. The molecule has 1 aliphatic rings. The minimum absolute atomic E-state index is 0.525. The van der Waals surface area contributed by atoms with Crippen LogP contribution in [0, 0.1) is 0 Å². The van der Waals surface area contributed by atoms with Gasteiger partial charge in [-0.25, -0.2) is 15.0 Å². The lowest BCUT2D eigenvalue weighted by molar-refractivity contribution is 0.397. The van der Waals surface area contributed by atoms with Crippen molar-refractivity contribution in [1.29, 1.82) is 0 Å². The molecule has 1 fully saturated rings. The highest BCUT2D eigenvalue weighted by Crippen LogP contribution is 2.25. The first kappa shape index (κ1) is 13.1. The Hall–Kier alpha value is -1.95. The van der Waals surface area contributed by atoms with Crippen LogP contribution in [0.15, 0.2) is 18.5 Å². The zero-order valence-electron chi connectivity index (χ0n) is 11.8. The summed E-state index contributed by atoms with van der Waals surface area (Å²) in [5, 5.41) is 3.34. The molecule has 0 spiro atoms. The highest BCUT2D eigenvalue weighted by Gasteiger charge is 2.21. The Bertz CT molecular complexity index is 595. The minimum atomic E-state index is 0.525. The first-order valence-electron chi connectivity index (χ1n) is 6.90. The van der Waals surface area contributed by atoms with E-state index in [9.17, 15) is 0 Å². The molecular weight excluding hydrogens is 254 g/mol. The Labute approximate surface area is 118 Å². The molecule has 3 heterocycles. The third-order valence-corrected chi connectivity index (χ3v) is 3.83. The van der Waals surface area contributed by atoms with Gasteiger partial charge in [0.1, 0.15) is 5.52 Å². The summed E-state index contributed by atoms with van der Waals surface area (Å²) >= 11 is 0. The van der Waals surface area contributed by atoms with E-state index in [0.717, 1.165) is 42.8 Å². The molecule has 0 saturated carbocycles. The van der Waals surface area contributed by atoms with E-state index in [1.807, 2.05) is 13.1 Å². The summed E-state index contributed by atoms with van der Waals surface area (Å²) in [7, 11) is 3.62. The maximum absolute atomic E-state index is 5.17. The summed E-state index contributed by atoms with van der Waals surface area (Å²) in [6, 6.07) is 2.48. The molecule has 1 saturated heterocycles. The summed E-state index contributed by atoms with van der Waals surface area (Å²) in [6.07, 6.45) is 5.67. The predicted octanol–water partition coefficient (Wildman–Crippen LogP) is 1.22. The number of pyridine rings is 1. The van der Waals surface area contributed by atoms with Crippen molar-refractivity contribution in [2.45, 2.75) is 18.9 Å². The average molecular weight is 273 g/mol. The van der Waals surface area contributed by atoms with E-state index in [2.05, 4.69) is 25.2 Å². The first-order chi connectivity index (χ1) is 9.81. The van der Waals surface area contributed by atoms with Gasteiger partial charge in [0.25, 0.3) is 0 Å². The molecule has 6 heteroatoms. The predicted molar refractivity (Wildman–Crippen MR) is 78.2 cm³/mol. The zero-order valence-corrected chi connectivity index (χ0v) is 11.8. The molecule has 2 aromatic rings. The maximum atomic E-state index is 5.17. The van der Waals surface area contributed by atoms with Crippen molar-refractivity contribution >= 4 is 16.9 Å². The summed E-state index contributed by atoms with van der Waals surface area (Å²) in [5.41, 5.74) is 1.67. The lowest BCUT2D eigenvalue weighted by Crippen LogP contribution is -2.41. The van der Waals surface area contributed by atoms with Gasteiger partial charge in [-0.05, 0) is 26.0 Å². The smallest absolute Gasteiger partial charge is 0.232 e. The highest BCUT2D eigenvalue weighted by molar-refractivity contribution is 5.85. The average Bonchev–Trinajstić information content (AvgIpc) is 2.54. The molecule has 0 aliphatic carbocycles. The summed E-state index contributed by atoms with van der Waals surface area (Å²) in [4.78, 5) is 15.7. The van der Waals surface area contributed by atoms with Crippen LogP contribution in [-0.2, 0) is 0 Å². The van der Waals surface area contributed by atoms with Gasteiger partial charge in [-0.1, -0.05) is 0 Å². The van der Waals surface area contributed by atoms with Gasteiger partial charge >= 0.3 is 0 Å². The van der Waals surface area contributed by atoms with Crippen LogP contribution in [-0.4, -0.2) is 48.2 Å². The number of methoxy groups -OCH3 is 1. The third kappa shape index (κ3) is 2.38. The highest BCUT2D eigenvalue weighted by atomic mass is 16.5. The number of aromatic nitrogens is 3. The minimum Gasteiger partial charge on any atom is -0.480 e. The van der Waals surface area contributed by atoms with E-state index in [-0.39, 0.29) is 0 Å². The van der Waals surface area contributed by atoms with Crippen molar-refractivity contribution in [3.63, 3.8) is 0 Å². The molecule has 106 valence electrons. The van der Waals surface area contributed by atoms with Gasteiger partial charge in [0.05, 0.1) is 18.8 Å². The van der Waals surface area contributed by atoms with E-state index in [4.69, 9.17) is 4.74 Å². The summed E-state index contributed by atoms with van der Waals surface area (Å²) in [5.74, 6) is 1.43. The largest absolute Gasteiger partial charge is 0.480 e. The van der Waals surface area contributed by atoms with Crippen LogP contribution < -0.4 is 15.0 Å². The number of fused-ring (bicyclic) bond motifs is 1. The molecular formula is C14H19N5O. The second-order valence-electron chi connectivity index (χ2n) is 4.96. The quantitative estimate of drug-likeness (QED) is 0.907. The molecule has 0 aromatic carbocycles. The normalized spacial score (nSPS) is 16.6. The number of nitrogens with one attached hydrogen (secondary N) is 1. The zero-order chi connectivity index (χ0) is 13.9. The number of anilines is 1.